The third kappa shape index (κ3) is 2.66. The normalized spacial score (nSPS) is 11.2. The first kappa shape index (κ1) is 16.4. The van der Waals surface area contributed by atoms with E-state index in [-0.39, 0.29) is 17.9 Å². The van der Waals surface area contributed by atoms with E-state index in [1.165, 1.54) is 22.2 Å². The van der Waals surface area contributed by atoms with Gasteiger partial charge in [0.1, 0.15) is 0 Å². The molecular weight excluding hydrogens is 348 g/mol. The number of hydrogen-bond acceptors (Lipinski definition) is 5. The van der Waals surface area contributed by atoms with Gasteiger partial charge >= 0.3 is 0 Å². The smallest absolute Gasteiger partial charge is 0.261 e. The molecule has 0 aliphatic carbocycles. The Labute approximate surface area is 153 Å². The average molecular weight is 364 g/mol. The highest BCUT2D eigenvalue weighted by atomic mass is 32.1. The number of fused-ring (bicyclic) bond motifs is 1. The Morgan fingerprint density at radius 3 is 2.77 bits per heavy atom. The lowest BCUT2D eigenvalue weighted by Gasteiger charge is -2.07. The molecule has 3 aromatic heterocycles. The van der Waals surface area contributed by atoms with Gasteiger partial charge in [-0.1, -0.05) is 12.1 Å². The van der Waals surface area contributed by atoms with Gasteiger partial charge in [-0.05, 0) is 32.0 Å². The molecule has 0 aliphatic rings. The zero-order valence-electron chi connectivity index (χ0n) is 14.3. The molecule has 0 saturated heterocycles. The Morgan fingerprint density at radius 1 is 1.19 bits per heavy atom. The van der Waals surface area contributed by atoms with Crippen molar-refractivity contribution in [3.63, 3.8) is 0 Å². The van der Waals surface area contributed by atoms with Gasteiger partial charge in [0.15, 0.2) is 10.9 Å². The predicted octanol–water partition coefficient (Wildman–Crippen LogP) is 3.14. The maximum atomic E-state index is 12.8. The van der Waals surface area contributed by atoms with Gasteiger partial charge in [0.2, 0.25) is 0 Å². The number of Topliss-reactive ketones (excluding diaryl/α,β-unsaturated/α-hetero) is 1. The molecule has 0 bridgehead atoms. The number of aromatic nitrogens is 4. The van der Waals surface area contributed by atoms with E-state index in [1.54, 1.807) is 24.4 Å². The molecule has 0 saturated carbocycles. The molecule has 1 aromatic carbocycles. The SMILES string of the molecule is Cc1cc(C(=O)Cn2cnc3ccccc3c2=O)c(C)n1-c1nccs1. The number of thiazole rings is 1. The number of rotatable bonds is 4. The van der Waals surface area contributed by atoms with Crippen molar-refractivity contribution < 1.29 is 4.79 Å². The van der Waals surface area contributed by atoms with E-state index >= 15 is 0 Å². The fourth-order valence-electron chi connectivity index (χ4n) is 3.12. The molecule has 7 heteroatoms. The van der Waals surface area contributed by atoms with Crippen LogP contribution < -0.4 is 5.56 Å². The van der Waals surface area contributed by atoms with Gasteiger partial charge in [0, 0.05) is 28.5 Å². The van der Waals surface area contributed by atoms with Crippen LogP contribution in [0.25, 0.3) is 16.0 Å². The second kappa shape index (κ2) is 6.34. The third-order valence-corrected chi connectivity index (χ3v) is 5.14. The number of carbonyl (C=O) groups is 1. The summed E-state index contributed by atoms with van der Waals surface area (Å²) in [5, 5.41) is 3.23. The van der Waals surface area contributed by atoms with Gasteiger partial charge in [-0.3, -0.25) is 18.7 Å². The molecule has 26 heavy (non-hydrogen) atoms. The Kier molecular flexibility index (Phi) is 4.00. The van der Waals surface area contributed by atoms with Crippen molar-refractivity contribution in [3.8, 4) is 5.13 Å². The van der Waals surface area contributed by atoms with Crippen molar-refractivity contribution in [2.75, 3.05) is 0 Å². The molecule has 0 atom stereocenters. The largest absolute Gasteiger partial charge is 0.294 e. The molecule has 0 spiro atoms. The van der Waals surface area contributed by atoms with Crippen molar-refractivity contribution in [1.29, 1.82) is 0 Å². The summed E-state index contributed by atoms with van der Waals surface area (Å²) in [5.41, 5.74) is 2.77. The molecule has 0 radical (unpaired) electrons. The molecule has 0 fully saturated rings. The lowest BCUT2D eigenvalue weighted by Crippen LogP contribution is -2.24. The van der Waals surface area contributed by atoms with Gasteiger partial charge in [-0.25, -0.2) is 9.97 Å². The Bertz CT molecular complexity index is 1170. The minimum atomic E-state index is -0.210. The van der Waals surface area contributed by atoms with E-state index < -0.39 is 0 Å². The van der Waals surface area contributed by atoms with Crippen LogP contribution in [0.1, 0.15) is 21.7 Å². The minimum absolute atomic E-state index is 0.0428. The summed E-state index contributed by atoms with van der Waals surface area (Å²) in [7, 11) is 0. The molecule has 0 N–H and O–H groups in total. The van der Waals surface area contributed by atoms with Crippen molar-refractivity contribution in [2.24, 2.45) is 0 Å². The lowest BCUT2D eigenvalue weighted by atomic mass is 10.1. The monoisotopic (exact) mass is 364 g/mol. The first-order valence-corrected chi connectivity index (χ1v) is 9.00. The average Bonchev–Trinajstić information content (AvgIpc) is 3.25. The zero-order valence-corrected chi connectivity index (χ0v) is 15.2. The van der Waals surface area contributed by atoms with Crippen LogP contribution in [-0.2, 0) is 6.54 Å². The highest BCUT2D eigenvalue weighted by Crippen LogP contribution is 2.22. The number of carbonyl (C=O) groups excluding carboxylic acids is 1. The van der Waals surface area contributed by atoms with Crippen molar-refractivity contribution in [3.05, 3.63) is 75.5 Å². The van der Waals surface area contributed by atoms with Gasteiger partial charge < -0.3 is 0 Å². The quantitative estimate of drug-likeness (QED) is 0.522. The molecule has 0 aliphatic heterocycles. The number of aryl methyl sites for hydroxylation is 1. The van der Waals surface area contributed by atoms with E-state index in [4.69, 9.17) is 0 Å². The van der Waals surface area contributed by atoms with Crippen LogP contribution >= 0.6 is 11.3 Å². The second-order valence-electron chi connectivity index (χ2n) is 6.05. The standard InChI is InChI=1S/C19H16N4O2S/c1-12-9-15(13(2)23(12)19-20-7-8-26-19)17(24)10-22-11-21-16-6-4-3-5-14(16)18(22)25/h3-9,11H,10H2,1-2H3. The fourth-order valence-corrected chi connectivity index (χ4v) is 3.88. The Hall–Kier alpha value is -3.06. The van der Waals surface area contributed by atoms with Crippen molar-refractivity contribution >= 4 is 28.0 Å². The van der Waals surface area contributed by atoms with Gasteiger partial charge in [0.25, 0.3) is 5.56 Å². The topological polar surface area (TPSA) is 69.8 Å². The van der Waals surface area contributed by atoms with Crippen LogP contribution in [0, 0.1) is 13.8 Å². The first-order valence-electron chi connectivity index (χ1n) is 8.12. The maximum absolute atomic E-state index is 12.8. The summed E-state index contributed by atoms with van der Waals surface area (Å²) in [6, 6.07) is 8.97. The summed E-state index contributed by atoms with van der Waals surface area (Å²) in [5.74, 6) is -0.125. The number of hydrogen-bond donors (Lipinski definition) is 0. The van der Waals surface area contributed by atoms with E-state index in [0.29, 0.717) is 16.5 Å². The van der Waals surface area contributed by atoms with Gasteiger partial charge in [-0.15, -0.1) is 11.3 Å². The Balaban J connectivity index is 1.71. The van der Waals surface area contributed by atoms with Crippen LogP contribution in [0.4, 0.5) is 0 Å². The predicted molar refractivity (Wildman–Crippen MR) is 101 cm³/mol. The van der Waals surface area contributed by atoms with Crippen LogP contribution in [-0.4, -0.2) is 24.9 Å². The molecule has 3 heterocycles. The number of benzene rings is 1. The number of ketones is 1. The summed E-state index contributed by atoms with van der Waals surface area (Å²) >= 11 is 1.51. The van der Waals surface area contributed by atoms with Crippen LogP contribution in [0.5, 0.6) is 0 Å². The molecular formula is C19H16N4O2S. The fraction of sp³-hybridized carbons (Fsp3) is 0.158. The molecule has 6 nitrogen and oxygen atoms in total. The maximum Gasteiger partial charge on any atom is 0.261 e. The highest BCUT2D eigenvalue weighted by Gasteiger charge is 2.18. The van der Waals surface area contributed by atoms with Gasteiger partial charge in [0.05, 0.1) is 23.8 Å². The molecule has 4 aromatic rings. The zero-order chi connectivity index (χ0) is 18.3. The molecule has 4 rings (SSSR count). The minimum Gasteiger partial charge on any atom is -0.294 e. The second-order valence-corrected chi connectivity index (χ2v) is 6.93. The highest BCUT2D eigenvalue weighted by molar-refractivity contribution is 7.12. The van der Waals surface area contributed by atoms with Crippen molar-refractivity contribution in [2.45, 2.75) is 20.4 Å². The summed E-state index contributed by atoms with van der Waals surface area (Å²) in [6.45, 7) is 3.79. The molecule has 0 unspecified atom stereocenters. The van der Waals surface area contributed by atoms with E-state index in [2.05, 4.69) is 9.97 Å². The first-order chi connectivity index (χ1) is 12.6. The molecule has 130 valence electrons. The summed E-state index contributed by atoms with van der Waals surface area (Å²) < 4.78 is 3.32. The summed E-state index contributed by atoms with van der Waals surface area (Å²) in [6.07, 6.45) is 3.17. The summed E-state index contributed by atoms with van der Waals surface area (Å²) in [4.78, 5) is 34.0. The molecule has 0 amide bonds. The number of para-hydroxylation sites is 1. The van der Waals surface area contributed by atoms with E-state index in [1.807, 2.05) is 35.9 Å². The number of nitrogens with zero attached hydrogens (tertiary/aromatic N) is 4. The van der Waals surface area contributed by atoms with Crippen molar-refractivity contribution in [1.82, 2.24) is 19.1 Å². The van der Waals surface area contributed by atoms with E-state index in [9.17, 15) is 9.59 Å². The Morgan fingerprint density at radius 2 is 2.00 bits per heavy atom. The van der Waals surface area contributed by atoms with Crippen LogP contribution in [0.2, 0.25) is 0 Å². The lowest BCUT2D eigenvalue weighted by molar-refractivity contribution is 0.0970. The van der Waals surface area contributed by atoms with Gasteiger partial charge in [-0.2, -0.15) is 0 Å². The van der Waals surface area contributed by atoms with E-state index in [0.717, 1.165) is 16.5 Å². The van der Waals surface area contributed by atoms with Crippen LogP contribution in [0.3, 0.4) is 0 Å². The third-order valence-electron chi connectivity index (χ3n) is 4.39. The van der Waals surface area contributed by atoms with Crippen LogP contribution in [0.15, 0.2) is 53.0 Å².